The molecule has 0 heterocycles. The summed E-state index contributed by atoms with van der Waals surface area (Å²) in [5.74, 6) is -0.467. The third-order valence-corrected chi connectivity index (χ3v) is 3.31. The zero-order valence-electron chi connectivity index (χ0n) is 9.61. The number of hydrogen-bond donors (Lipinski definition) is 0. The minimum atomic E-state index is -0.495. The monoisotopic (exact) mass is 379 g/mol. The van der Waals surface area contributed by atoms with Crippen LogP contribution in [0.15, 0.2) is 16.6 Å². The highest BCUT2D eigenvalue weighted by Crippen LogP contribution is 2.29. The number of nitro benzene ring substituents is 1. The van der Waals surface area contributed by atoms with Crippen LogP contribution in [0.4, 0.5) is 5.69 Å². The van der Waals surface area contributed by atoms with Crippen molar-refractivity contribution in [2.45, 2.75) is 18.7 Å². The number of rotatable bonds is 5. The van der Waals surface area contributed by atoms with Crippen LogP contribution in [0.3, 0.4) is 0 Å². The molecule has 1 aromatic carbocycles. The molecule has 0 saturated heterocycles. The fraction of sp³-hybridized carbons (Fsp3) is 0.364. The molecule has 0 amide bonds. The molecule has 0 aromatic heterocycles. The van der Waals surface area contributed by atoms with E-state index >= 15 is 0 Å². The summed E-state index contributed by atoms with van der Waals surface area (Å²) in [5.41, 5.74) is 1.01. The summed E-state index contributed by atoms with van der Waals surface area (Å²) in [7, 11) is 0. The number of carbonyl (C=O) groups excluding carboxylic acids is 1. The Morgan fingerprint density at radius 2 is 2.17 bits per heavy atom. The summed E-state index contributed by atoms with van der Waals surface area (Å²) in [4.78, 5) is 22.0. The van der Waals surface area contributed by atoms with Crippen molar-refractivity contribution in [2.24, 2.45) is 0 Å². The molecule has 0 aliphatic carbocycles. The van der Waals surface area contributed by atoms with Crippen molar-refractivity contribution in [3.8, 4) is 0 Å². The van der Waals surface area contributed by atoms with Crippen LogP contribution < -0.4 is 0 Å². The second kappa shape index (κ2) is 6.84. The van der Waals surface area contributed by atoms with Crippen molar-refractivity contribution < 1.29 is 14.5 Å². The highest BCUT2D eigenvalue weighted by atomic mass is 79.9. The summed E-state index contributed by atoms with van der Waals surface area (Å²) in [6.07, 6.45) is -0.0988. The number of halogens is 2. The average molecular weight is 381 g/mol. The van der Waals surface area contributed by atoms with Crippen LogP contribution >= 0.6 is 31.9 Å². The van der Waals surface area contributed by atoms with E-state index in [0.717, 1.165) is 0 Å². The van der Waals surface area contributed by atoms with Gasteiger partial charge in [-0.25, -0.2) is 0 Å². The summed E-state index contributed by atoms with van der Waals surface area (Å²) < 4.78 is 5.43. The van der Waals surface area contributed by atoms with E-state index in [4.69, 9.17) is 4.74 Å². The maximum atomic E-state index is 11.5. The predicted molar refractivity (Wildman–Crippen MR) is 73.8 cm³/mol. The number of nitrogens with zero attached hydrogens (tertiary/aromatic N) is 1. The van der Waals surface area contributed by atoms with Crippen molar-refractivity contribution in [1.29, 1.82) is 0 Å². The molecule has 0 fully saturated rings. The molecular weight excluding hydrogens is 370 g/mol. The quantitative estimate of drug-likeness (QED) is 0.340. The number of alkyl halides is 1. The van der Waals surface area contributed by atoms with Crippen LogP contribution in [0.2, 0.25) is 0 Å². The zero-order chi connectivity index (χ0) is 13.7. The SMILES string of the molecule is CCOC(=O)Cc1c(CBr)cc(Br)cc1[N+](=O)[O-]. The summed E-state index contributed by atoms with van der Waals surface area (Å²) >= 11 is 6.47. The average Bonchev–Trinajstić information content (AvgIpc) is 2.30. The summed E-state index contributed by atoms with van der Waals surface area (Å²) in [5, 5.41) is 11.4. The van der Waals surface area contributed by atoms with Crippen molar-refractivity contribution >= 4 is 43.5 Å². The first-order valence-electron chi connectivity index (χ1n) is 5.16. The van der Waals surface area contributed by atoms with Gasteiger partial charge < -0.3 is 4.74 Å². The van der Waals surface area contributed by atoms with Gasteiger partial charge in [0.15, 0.2) is 0 Å². The summed E-state index contributed by atoms with van der Waals surface area (Å²) in [6, 6.07) is 3.14. The lowest BCUT2D eigenvalue weighted by molar-refractivity contribution is -0.385. The minimum absolute atomic E-state index is 0.0770. The molecule has 0 saturated carbocycles. The van der Waals surface area contributed by atoms with E-state index < -0.39 is 10.9 Å². The van der Waals surface area contributed by atoms with E-state index in [-0.39, 0.29) is 18.7 Å². The Hall–Kier alpha value is -0.950. The first-order chi connectivity index (χ1) is 8.49. The van der Waals surface area contributed by atoms with Crippen LogP contribution in [0.25, 0.3) is 0 Å². The molecule has 0 unspecified atom stereocenters. The van der Waals surface area contributed by atoms with E-state index in [9.17, 15) is 14.9 Å². The number of benzene rings is 1. The minimum Gasteiger partial charge on any atom is -0.466 e. The van der Waals surface area contributed by atoms with Gasteiger partial charge in [0.25, 0.3) is 5.69 Å². The Balaban J connectivity index is 3.21. The second-order valence-electron chi connectivity index (χ2n) is 3.44. The van der Waals surface area contributed by atoms with Gasteiger partial charge >= 0.3 is 5.97 Å². The van der Waals surface area contributed by atoms with Crippen LogP contribution in [-0.4, -0.2) is 17.5 Å². The van der Waals surface area contributed by atoms with Crippen molar-refractivity contribution in [1.82, 2.24) is 0 Å². The summed E-state index contributed by atoms with van der Waals surface area (Å²) in [6.45, 7) is 1.95. The van der Waals surface area contributed by atoms with E-state index in [1.165, 1.54) is 6.07 Å². The lowest BCUT2D eigenvalue weighted by Gasteiger charge is -2.08. The molecule has 0 aliphatic rings. The molecule has 0 bridgehead atoms. The number of esters is 1. The molecule has 7 heteroatoms. The van der Waals surface area contributed by atoms with Crippen molar-refractivity contribution in [2.75, 3.05) is 6.61 Å². The first kappa shape index (κ1) is 15.1. The smallest absolute Gasteiger partial charge is 0.310 e. The van der Waals surface area contributed by atoms with Gasteiger partial charge in [-0.1, -0.05) is 31.9 Å². The Morgan fingerprint density at radius 1 is 1.50 bits per heavy atom. The Labute approximate surface area is 121 Å². The van der Waals surface area contributed by atoms with Gasteiger partial charge in [-0.2, -0.15) is 0 Å². The van der Waals surface area contributed by atoms with Gasteiger partial charge in [-0.3, -0.25) is 14.9 Å². The van der Waals surface area contributed by atoms with E-state index in [1.54, 1.807) is 13.0 Å². The Kier molecular flexibility index (Phi) is 5.74. The van der Waals surface area contributed by atoms with Crippen LogP contribution in [0, 0.1) is 10.1 Å². The lowest BCUT2D eigenvalue weighted by Crippen LogP contribution is -2.11. The molecule has 0 radical (unpaired) electrons. The lowest BCUT2D eigenvalue weighted by atomic mass is 10.0. The van der Waals surface area contributed by atoms with Crippen LogP contribution in [0.5, 0.6) is 0 Å². The van der Waals surface area contributed by atoms with E-state index in [1.807, 2.05) is 0 Å². The molecule has 0 aliphatic heterocycles. The highest BCUT2D eigenvalue weighted by molar-refractivity contribution is 9.10. The molecule has 98 valence electrons. The topological polar surface area (TPSA) is 69.4 Å². The largest absolute Gasteiger partial charge is 0.466 e. The van der Waals surface area contributed by atoms with Crippen LogP contribution in [0.1, 0.15) is 18.1 Å². The van der Waals surface area contributed by atoms with E-state index in [2.05, 4.69) is 31.9 Å². The standard InChI is InChI=1S/C11H11Br2NO4/c1-2-18-11(15)5-9-7(6-12)3-8(13)4-10(9)14(16)17/h3-4H,2,5-6H2,1H3. The normalized spacial score (nSPS) is 10.2. The molecule has 18 heavy (non-hydrogen) atoms. The number of ether oxygens (including phenoxy) is 1. The maximum Gasteiger partial charge on any atom is 0.310 e. The fourth-order valence-electron chi connectivity index (χ4n) is 1.52. The van der Waals surface area contributed by atoms with Crippen molar-refractivity contribution in [3.63, 3.8) is 0 Å². The maximum absolute atomic E-state index is 11.5. The van der Waals surface area contributed by atoms with Gasteiger partial charge in [0.1, 0.15) is 0 Å². The molecule has 0 N–H and O–H groups in total. The Bertz CT molecular complexity index is 476. The Morgan fingerprint density at radius 3 is 2.67 bits per heavy atom. The first-order valence-corrected chi connectivity index (χ1v) is 7.08. The van der Waals surface area contributed by atoms with Gasteiger partial charge in [0, 0.05) is 21.4 Å². The third kappa shape index (κ3) is 3.78. The molecular formula is C11H11Br2NO4. The van der Waals surface area contributed by atoms with Gasteiger partial charge in [0.05, 0.1) is 18.0 Å². The van der Waals surface area contributed by atoms with Gasteiger partial charge in [-0.15, -0.1) is 0 Å². The van der Waals surface area contributed by atoms with E-state index in [0.29, 0.717) is 20.9 Å². The molecule has 0 atom stereocenters. The molecule has 1 rings (SSSR count). The third-order valence-electron chi connectivity index (χ3n) is 2.25. The molecule has 0 spiro atoms. The fourth-order valence-corrected chi connectivity index (χ4v) is 2.51. The number of carbonyl (C=O) groups is 1. The molecule has 5 nitrogen and oxygen atoms in total. The second-order valence-corrected chi connectivity index (χ2v) is 4.91. The van der Waals surface area contributed by atoms with Crippen molar-refractivity contribution in [3.05, 3.63) is 37.8 Å². The van der Waals surface area contributed by atoms with Gasteiger partial charge in [0.2, 0.25) is 0 Å². The van der Waals surface area contributed by atoms with Gasteiger partial charge in [-0.05, 0) is 18.6 Å². The predicted octanol–water partition coefficient (Wildman–Crippen LogP) is 3.36. The van der Waals surface area contributed by atoms with Crippen LogP contribution in [-0.2, 0) is 21.3 Å². The zero-order valence-corrected chi connectivity index (χ0v) is 12.8. The number of hydrogen-bond acceptors (Lipinski definition) is 4. The molecule has 1 aromatic rings. The highest BCUT2D eigenvalue weighted by Gasteiger charge is 2.21. The number of nitro groups is 1.